The Labute approximate surface area is 107 Å². The van der Waals surface area contributed by atoms with Crippen LogP contribution in [0.5, 0.6) is 0 Å². The number of carbonyl (C=O) groups is 1. The second-order valence-corrected chi connectivity index (χ2v) is 4.60. The Balaban J connectivity index is 2.50. The Hall–Kier alpha value is -2.09. The molecule has 2 nitrogen and oxygen atoms in total. The summed E-state index contributed by atoms with van der Waals surface area (Å²) in [5, 5.41) is 8.95. The van der Waals surface area contributed by atoms with Crippen molar-refractivity contribution < 1.29 is 9.90 Å². The molecule has 2 rings (SSSR count). The highest BCUT2D eigenvalue weighted by atomic mass is 16.4. The summed E-state index contributed by atoms with van der Waals surface area (Å²) in [6.07, 6.45) is 0.0590. The van der Waals surface area contributed by atoms with Crippen LogP contribution >= 0.6 is 0 Å². The second kappa shape index (κ2) is 5.05. The van der Waals surface area contributed by atoms with Crippen LogP contribution in [0, 0.1) is 13.8 Å². The molecule has 0 bridgehead atoms. The molecule has 2 heteroatoms. The van der Waals surface area contributed by atoms with Gasteiger partial charge >= 0.3 is 5.97 Å². The summed E-state index contributed by atoms with van der Waals surface area (Å²) in [6, 6.07) is 14.1. The number of aliphatic carboxylic acids is 1. The van der Waals surface area contributed by atoms with E-state index >= 15 is 0 Å². The topological polar surface area (TPSA) is 37.3 Å². The first kappa shape index (κ1) is 12.4. The van der Waals surface area contributed by atoms with Gasteiger partial charge in [-0.3, -0.25) is 4.79 Å². The predicted molar refractivity (Wildman–Crippen MR) is 72.7 cm³/mol. The lowest BCUT2D eigenvalue weighted by Crippen LogP contribution is -2.02. The van der Waals surface area contributed by atoms with Crippen molar-refractivity contribution in [2.75, 3.05) is 0 Å². The number of hydrogen-bond acceptors (Lipinski definition) is 1. The third-order valence-corrected chi connectivity index (χ3v) is 2.97. The Morgan fingerprint density at radius 2 is 1.61 bits per heavy atom. The van der Waals surface area contributed by atoms with Crippen LogP contribution in [0.3, 0.4) is 0 Å². The maximum absolute atomic E-state index is 10.9. The van der Waals surface area contributed by atoms with E-state index in [0.29, 0.717) is 0 Å². The number of rotatable bonds is 3. The monoisotopic (exact) mass is 240 g/mol. The molecule has 18 heavy (non-hydrogen) atoms. The molecule has 0 saturated heterocycles. The molecular weight excluding hydrogens is 224 g/mol. The van der Waals surface area contributed by atoms with Crippen molar-refractivity contribution in [2.45, 2.75) is 20.3 Å². The molecule has 0 amide bonds. The highest BCUT2D eigenvalue weighted by molar-refractivity contribution is 5.77. The smallest absolute Gasteiger partial charge is 0.307 e. The molecule has 0 spiro atoms. The zero-order valence-corrected chi connectivity index (χ0v) is 10.6. The molecule has 0 aliphatic rings. The van der Waals surface area contributed by atoms with Gasteiger partial charge in [0.15, 0.2) is 0 Å². The maximum Gasteiger partial charge on any atom is 0.307 e. The number of carboxylic acids is 1. The van der Waals surface area contributed by atoms with Crippen LogP contribution < -0.4 is 0 Å². The molecule has 2 aromatic rings. The summed E-state index contributed by atoms with van der Waals surface area (Å²) in [6.45, 7) is 4.06. The van der Waals surface area contributed by atoms with Crippen LogP contribution in [-0.2, 0) is 11.2 Å². The molecule has 0 atom stereocenters. The van der Waals surface area contributed by atoms with Gasteiger partial charge in [0, 0.05) is 0 Å². The summed E-state index contributed by atoms with van der Waals surface area (Å²) in [4.78, 5) is 10.9. The van der Waals surface area contributed by atoms with E-state index in [1.54, 1.807) is 0 Å². The molecule has 0 heterocycles. The molecular formula is C16H16O2. The fourth-order valence-corrected chi connectivity index (χ4v) is 2.01. The molecule has 0 fully saturated rings. The molecule has 0 radical (unpaired) electrons. The zero-order chi connectivity index (χ0) is 13.1. The van der Waals surface area contributed by atoms with Crippen molar-refractivity contribution in [1.29, 1.82) is 0 Å². The van der Waals surface area contributed by atoms with Crippen LogP contribution in [0.2, 0.25) is 0 Å². The number of carboxylic acid groups (broad SMARTS) is 1. The van der Waals surface area contributed by atoms with Gasteiger partial charge in [-0.05, 0) is 30.5 Å². The number of aryl methyl sites for hydroxylation is 2. The molecule has 92 valence electrons. The standard InChI is InChI=1S/C16H16O2/c1-11-3-6-13(7-4-11)15-9-12(2)5-8-14(15)10-16(17)18/h3-9H,10H2,1-2H3,(H,17,18). The van der Waals surface area contributed by atoms with Crippen molar-refractivity contribution in [3.63, 3.8) is 0 Å². The fourth-order valence-electron chi connectivity index (χ4n) is 2.01. The van der Waals surface area contributed by atoms with Crippen molar-refractivity contribution in [3.05, 3.63) is 59.2 Å². The van der Waals surface area contributed by atoms with Gasteiger partial charge in [0.05, 0.1) is 6.42 Å². The molecule has 0 aliphatic heterocycles. The van der Waals surface area contributed by atoms with E-state index in [9.17, 15) is 4.79 Å². The average molecular weight is 240 g/mol. The molecule has 0 aliphatic carbocycles. The second-order valence-electron chi connectivity index (χ2n) is 4.60. The van der Waals surface area contributed by atoms with Crippen LogP contribution in [0.4, 0.5) is 0 Å². The lowest BCUT2D eigenvalue weighted by atomic mass is 9.95. The summed E-state index contributed by atoms with van der Waals surface area (Å²) >= 11 is 0. The number of hydrogen-bond donors (Lipinski definition) is 1. The summed E-state index contributed by atoms with van der Waals surface area (Å²) < 4.78 is 0. The van der Waals surface area contributed by atoms with Crippen LogP contribution in [0.1, 0.15) is 16.7 Å². The van der Waals surface area contributed by atoms with E-state index in [4.69, 9.17) is 5.11 Å². The number of benzene rings is 2. The van der Waals surface area contributed by atoms with Crippen LogP contribution in [0.15, 0.2) is 42.5 Å². The largest absolute Gasteiger partial charge is 0.481 e. The van der Waals surface area contributed by atoms with E-state index in [0.717, 1.165) is 22.3 Å². The highest BCUT2D eigenvalue weighted by Crippen LogP contribution is 2.25. The molecule has 1 N–H and O–H groups in total. The predicted octanol–water partition coefficient (Wildman–Crippen LogP) is 3.60. The minimum atomic E-state index is -0.799. The zero-order valence-electron chi connectivity index (χ0n) is 10.6. The molecule has 0 saturated carbocycles. The van der Waals surface area contributed by atoms with Crippen LogP contribution in [0.25, 0.3) is 11.1 Å². The van der Waals surface area contributed by atoms with Gasteiger partial charge in [-0.2, -0.15) is 0 Å². The Kier molecular flexibility index (Phi) is 3.47. The summed E-state index contributed by atoms with van der Waals surface area (Å²) in [5.74, 6) is -0.799. The first-order valence-electron chi connectivity index (χ1n) is 5.94. The third kappa shape index (κ3) is 2.77. The lowest BCUT2D eigenvalue weighted by molar-refractivity contribution is -0.136. The van der Waals surface area contributed by atoms with Crippen molar-refractivity contribution in [1.82, 2.24) is 0 Å². The summed E-state index contributed by atoms with van der Waals surface area (Å²) in [7, 11) is 0. The Bertz CT molecular complexity index is 568. The molecule has 2 aromatic carbocycles. The van der Waals surface area contributed by atoms with E-state index < -0.39 is 5.97 Å². The fraction of sp³-hybridized carbons (Fsp3) is 0.188. The van der Waals surface area contributed by atoms with Crippen molar-refractivity contribution in [3.8, 4) is 11.1 Å². The lowest BCUT2D eigenvalue weighted by Gasteiger charge is -2.10. The van der Waals surface area contributed by atoms with Gasteiger partial charge in [0.25, 0.3) is 0 Å². The quantitative estimate of drug-likeness (QED) is 0.890. The first-order valence-corrected chi connectivity index (χ1v) is 5.94. The minimum absolute atomic E-state index is 0.0590. The van der Waals surface area contributed by atoms with E-state index in [1.165, 1.54) is 5.56 Å². The Morgan fingerprint density at radius 3 is 2.22 bits per heavy atom. The normalized spacial score (nSPS) is 10.3. The molecule has 0 aromatic heterocycles. The van der Waals surface area contributed by atoms with Gasteiger partial charge in [-0.25, -0.2) is 0 Å². The SMILES string of the molecule is Cc1ccc(-c2cc(C)ccc2CC(=O)O)cc1. The van der Waals surface area contributed by atoms with Gasteiger partial charge in [-0.15, -0.1) is 0 Å². The van der Waals surface area contributed by atoms with E-state index in [1.807, 2.05) is 56.3 Å². The van der Waals surface area contributed by atoms with E-state index in [-0.39, 0.29) is 6.42 Å². The van der Waals surface area contributed by atoms with Crippen molar-refractivity contribution >= 4 is 5.97 Å². The first-order chi connectivity index (χ1) is 8.56. The van der Waals surface area contributed by atoms with Gasteiger partial charge in [0.1, 0.15) is 0 Å². The van der Waals surface area contributed by atoms with Gasteiger partial charge < -0.3 is 5.11 Å². The third-order valence-electron chi connectivity index (χ3n) is 2.97. The maximum atomic E-state index is 10.9. The van der Waals surface area contributed by atoms with Crippen LogP contribution in [-0.4, -0.2) is 11.1 Å². The van der Waals surface area contributed by atoms with Gasteiger partial charge in [0.2, 0.25) is 0 Å². The highest BCUT2D eigenvalue weighted by Gasteiger charge is 2.08. The summed E-state index contributed by atoms with van der Waals surface area (Å²) in [5.41, 5.74) is 5.28. The van der Waals surface area contributed by atoms with Gasteiger partial charge in [-0.1, -0.05) is 53.6 Å². The van der Waals surface area contributed by atoms with Crippen molar-refractivity contribution in [2.24, 2.45) is 0 Å². The Morgan fingerprint density at radius 1 is 1.00 bits per heavy atom. The minimum Gasteiger partial charge on any atom is -0.481 e. The molecule has 0 unspecified atom stereocenters. The van der Waals surface area contributed by atoms with E-state index in [2.05, 4.69) is 0 Å². The average Bonchev–Trinajstić information content (AvgIpc) is 2.32.